The molecular weight excluding hydrogens is 310 g/mol. The van der Waals surface area contributed by atoms with Crippen LogP contribution in [-0.2, 0) is 6.42 Å². The van der Waals surface area contributed by atoms with Crippen molar-refractivity contribution in [3.8, 4) is 0 Å². The predicted octanol–water partition coefficient (Wildman–Crippen LogP) is 3.91. The van der Waals surface area contributed by atoms with Crippen molar-refractivity contribution in [2.45, 2.75) is 40.0 Å². The van der Waals surface area contributed by atoms with E-state index in [9.17, 15) is 0 Å². The third kappa shape index (κ3) is 4.14. The highest BCUT2D eigenvalue weighted by Gasteiger charge is 2.10. The Balaban J connectivity index is 2.87. The number of likely N-dealkylation sites (N-methyl/N-ethyl adjacent to an activating group) is 1. The quantitative estimate of drug-likeness (QED) is 0.802. The van der Waals surface area contributed by atoms with Crippen LogP contribution in [0.15, 0.2) is 4.47 Å². The summed E-state index contributed by atoms with van der Waals surface area (Å²) < 4.78 is 1.59. The lowest BCUT2D eigenvalue weighted by Crippen LogP contribution is -2.26. The van der Waals surface area contributed by atoms with Gasteiger partial charge in [0.1, 0.15) is 10.5 Å². The Bertz CT molecular complexity index is 438. The fourth-order valence-electron chi connectivity index (χ4n) is 1.85. The van der Waals surface area contributed by atoms with Crippen molar-refractivity contribution in [1.82, 2.24) is 14.9 Å². The van der Waals surface area contributed by atoms with Gasteiger partial charge in [0.2, 0.25) is 0 Å². The molecule has 1 N–H and O–H groups in total. The molecule has 0 spiro atoms. The van der Waals surface area contributed by atoms with E-state index >= 15 is 0 Å². The minimum Gasteiger partial charge on any atom is -0.346 e. The number of nitrogens with zero attached hydrogens (tertiary/aromatic N) is 2. The number of H-pyrrole nitrogens is 1. The zero-order chi connectivity index (χ0) is 13.7. The Morgan fingerprint density at radius 3 is 2.44 bits per heavy atom. The van der Waals surface area contributed by atoms with Crippen molar-refractivity contribution in [2.24, 2.45) is 0 Å². The van der Waals surface area contributed by atoms with Crippen molar-refractivity contribution in [2.75, 3.05) is 19.6 Å². The van der Waals surface area contributed by atoms with E-state index in [0.29, 0.717) is 10.6 Å². The Morgan fingerprint density at radius 2 is 1.94 bits per heavy atom. The molecule has 0 saturated heterocycles. The molecule has 0 atom stereocenters. The highest BCUT2D eigenvalue weighted by atomic mass is 79.9. The van der Waals surface area contributed by atoms with Crippen LogP contribution in [0.5, 0.6) is 0 Å². The van der Waals surface area contributed by atoms with Crippen LogP contribution >= 0.6 is 28.1 Å². The van der Waals surface area contributed by atoms with Gasteiger partial charge in [-0.1, -0.05) is 39.9 Å². The van der Waals surface area contributed by atoms with Crippen molar-refractivity contribution in [3.05, 3.63) is 20.6 Å². The Hall–Kier alpha value is -0.260. The van der Waals surface area contributed by atoms with Gasteiger partial charge in [-0.25, -0.2) is 4.98 Å². The van der Waals surface area contributed by atoms with Gasteiger partial charge in [-0.05, 0) is 34.9 Å². The molecular formula is C13H22BrN3S. The van der Waals surface area contributed by atoms with Gasteiger partial charge in [-0.15, -0.1) is 0 Å². The first kappa shape index (κ1) is 15.8. The maximum Gasteiger partial charge on any atom is 0.144 e. The first-order valence-electron chi connectivity index (χ1n) is 6.50. The van der Waals surface area contributed by atoms with Gasteiger partial charge >= 0.3 is 0 Å². The molecule has 102 valence electrons. The van der Waals surface area contributed by atoms with E-state index in [1.165, 1.54) is 0 Å². The Kier molecular flexibility index (Phi) is 6.46. The van der Waals surface area contributed by atoms with E-state index in [1.54, 1.807) is 0 Å². The molecule has 0 fully saturated rings. The van der Waals surface area contributed by atoms with Gasteiger partial charge in [0.25, 0.3) is 0 Å². The summed E-state index contributed by atoms with van der Waals surface area (Å²) in [6.07, 6.45) is 0.915. The normalized spacial score (nSPS) is 11.5. The van der Waals surface area contributed by atoms with Crippen LogP contribution in [0, 0.1) is 4.64 Å². The predicted molar refractivity (Wildman–Crippen MR) is 82.7 cm³/mol. The number of aromatic nitrogens is 2. The standard InChI is InChI=1S/C13H22BrN3S/c1-5-17(6-2)8-7-10-15-12(9(3)4)11(14)13(18)16-10/h9H,5-8H2,1-4H3,(H,15,16,18). The molecule has 0 bridgehead atoms. The number of nitrogens with one attached hydrogen (secondary N) is 1. The largest absolute Gasteiger partial charge is 0.346 e. The lowest BCUT2D eigenvalue weighted by molar-refractivity contribution is 0.305. The number of rotatable bonds is 6. The average molecular weight is 332 g/mol. The zero-order valence-corrected chi connectivity index (χ0v) is 14.0. The van der Waals surface area contributed by atoms with E-state index < -0.39 is 0 Å². The molecule has 0 unspecified atom stereocenters. The monoisotopic (exact) mass is 331 g/mol. The summed E-state index contributed by atoms with van der Waals surface area (Å²) in [7, 11) is 0. The molecule has 0 aliphatic heterocycles. The fraction of sp³-hybridized carbons (Fsp3) is 0.692. The molecule has 1 aromatic heterocycles. The lowest BCUT2D eigenvalue weighted by atomic mass is 10.1. The molecule has 0 saturated carbocycles. The molecule has 0 aliphatic carbocycles. The number of hydrogen-bond donors (Lipinski definition) is 1. The van der Waals surface area contributed by atoms with Crippen molar-refractivity contribution in [1.29, 1.82) is 0 Å². The van der Waals surface area contributed by atoms with Crippen LogP contribution in [-0.4, -0.2) is 34.5 Å². The van der Waals surface area contributed by atoms with Crippen molar-refractivity contribution < 1.29 is 0 Å². The van der Waals surface area contributed by atoms with E-state index in [2.05, 4.69) is 58.5 Å². The zero-order valence-electron chi connectivity index (χ0n) is 11.6. The van der Waals surface area contributed by atoms with Crippen LogP contribution < -0.4 is 0 Å². The van der Waals surface area contributed by atoms with Gasteiger partial charge < -0.3 is 9.88 Å². The van der Waals surface area contributed by atoms with E-state index in [0.717, 1.165) is 42.0 Å². The Morgan fingerprint density at radius 1 is 1.33 bits per heavy atom. The number of aromatic amines is 1. The van der Waals surface area contributed by atoms with Crippen LogP contribution in [0.1, 0.15) is 45.1 Å². The van der Waals surface area contributed by atoms with E-state index in [1.807, 2.05) is 0 Å². The molecule has 1 aromatic rings. The minimum atomic E-state index is 0.413. The first-order valence-corrected chi connectivity index (χ1v) is 7.70. The van der Waals surface area contributed by atoms with Crippen LogP contribution in [0.2, 0.25) is 0 Å². The van der Waals surface area contributed by atoms with Crippen molar-refractivity contribution in [3.63, 3.8) is 0 Å². The first-order chi connectivity index (χ1) is 8.49. The third-order valence-corrected chi connectivity index (χ3v) is 4.44. The molecule has 0 radical (unpaired) electrons. The molecule has 1 heterocycles. The highest BCUT2D eigenvalue weighted by Crippen LogP contribution is 2.23. The van der Waals surface area contributed by atoms with Gasteiger partial charge in [-0.3, -0.25) is 0 Å². The van der Waals surface area contributed by atoms with Crippen LogP contribution in [0.25, 0.3) is 0 Å². The molecule has 0 aromatic carbocycles. The Labute approximate surface area is 123 Å². The second-order valence-corrected chi connectivity index (χ2v) is 5.83. The second-order valence-electron chi connectivity index (χ2n) is 4.65. The average Bonchev–Trinajstić information content (AvgIpc) is 2.34. The number of halogens is 1. The molecule has 0 amide bonds. The summed E-state index contributed by atoms with van der Waals surface area (Å²) in [6.45, 7) is 11.8. The van der Waals surface area contributed by atoms with E-state index in [4.69, 9.17) is 12.2 Å². The molecule has 18 heavy (non-hydrogen) atoms. The fourth-order valence-corrected chi connectivity index (χ4v) is 2.71. The maximum absolute atomic E-state index is 5.29. The third-order valence-electron chi connectivity index (χ3n) is 3.08. The van der Waals surface area contributed by atoms with Gasteiger partial charge in [0, 0.05) is 18.7 Å². The summed E-state index contributed by atoms with van der Waals surface area (Å²) in [5, 5.41) is 0. The van der Waals surface area contributed by atoms with Gasteiger partial charge in [0.05, 0.1) is 4.47 Å². The maximum atomic E-state index is 5.29. The topological polar surface area (TPSA) is 31.9 Å². The van der Waals surface area contributed by atoms with Crippen LogP contribution in [0.3, 0.4) is 0 Å². The smallest absolute Gasteiger partial charge is 0.144 e. The molecule has 0 aliphatic rings. The van der Waals surface area contributed by atoms with E-state index in [-0.39, 0.29) is 0 Å². The SMILES string of the molecule is CCN(CC)CCc1nc(=S)c(Br)c(C(C)C)[nH]1. The van der Waals surface area contributed by atoms with Crippen LogP contribution in [0.4, 0.5) is 0 Å². The molecule has 1 rings (SSSR count). The summed E-state index contributed by atoms with van der Waals surface area (Å²) in [5.74, 6) is 1.40. The summed E-state index contributed by atoms with van der Waals surface area (Å²) in [6, 6.07) is 0. The van der Waals surface area contributed by atoms with Gasteiger partial charge in [0.15, 0.2) is 0 Å². The summed E-state index contributed by atoms with van der Waals surface area (Å²) in [5.41, 5.74) is 1.14. The summed E-state index contributed by atoms with van der Waals surface area (Å²) in [4.78, 5) is 10.2. The molecule has 3 nitrogen and oxygen atoms in total. The lowest BCUT2D eigenvalue weighted by Gasteiger charge is -2.18. The van der Waals surface area contributed by atoms with Gasteiger partial charge in [-0.2, -0.15) is 0 Å². The molecule has 5 heteroatoms. The second kappa shape index (κ2) is 7.36. The summed E-state index contributed by atoms with van der Waals surface area (Å²) >= 11 is 8.81. The van der Waals surface area contributed by atoms with Crippen molar-refractivity contribution >= 4 is 28.1 Å². The number of hydrogen-bond acceptors (Lipinski definition) is 3. The highest BCUT2D eigenvalue weighted by molar-refractivity contribution is 9.10. The minimum absolute atomic E-state index is 0.413.